The number of benzene rings is 2. The lowest BCUT2D eigenvalue weighted by Crippen LogP contribution is -2.34. The molecule has 2 unspecified atom stereocenters. The first kappa shape index (κ1) is 13.2. The second kappa shape index (κ2) is 5.68. The number of fused-ring (bicyclic) bond motifs is 1. The number of carbonyl (C=O) groups is 1. The summed E-state index contributed by atoms with van der Waals surface area (Å²) in [4.78, 5) is 12.1. The molecule has 0 aliphatic heterocycles. The van der Waals surface area contributed by atoms with Crippen molar-refractivity contribution in [2.45, 2.75) is 17.7 Å². The van der Waals surface area contributed by atoms with Gasteiger partial charge < -0.3 is 5.32 Å². The number of hydrogen-bond donors (Lipinski definition) is 1. The van der Waals surface area contributed by atoms with Gasteiger partial charge >= 0.3 is 0 Å². The number of hydrogen-bond acceptors (Lipinski definition) is 1. The van der Waals surface area contributed by atoms with Gasteiger partial charge in [0.2, 0.25) is 5.91 Å². The minimum Gasteiger partial charge on any atom is -0.354 e. The molecule has 3 rings (SSSR count). The molecule has 0 fully saturated rings. The lowest BCUT2D eigenvalue weighted by atomic mass is 9.77. The van der Waals surface area contributed by atoms with Gasteiger partial charge in [0.15, 0.2) is 0 Å². The molecule has 0 radical (unpaired) electrons. The van der Waals surface area contributed by atoms with Crippen molar-refractivity contribution >= 4 is 17.5 Å². The van der Waals surface area contributed by atoms with Crippen LogP contribution < -0.4 is 5.32 Å². The van der Waals surface area contributed by atoms with Gasteiger partial charge in [-0.05, 0) is 23.1 Å². The molecular weight excluding hydrogens is 270 g/mol. The van der Waals surface area contributed by atoms with E-state index >= 15 is 0 Å². The number of amides is 1. The van der Waals surface area contributed by atoms with Crippen LogP contribution in [0.5, 0.6) is 0 Å². The molecule has 1 N–H and O–H groups in total. The molecule has 2 aromatic carbocycles. The van der Waals surface area contributed by atoms with Crippen LogP contribution in [0.4, 0.5) is 0 Å². The predicted molar refractivity (Wildman–Crippen MR) is 80.9 cm³/mol. The zero-order valence-electron chi connectivity index (χ0n) is 11.1. The van der Waals surface area contributed by atoms with Gasteiger partial charge in [-0.1, -0.05) is 54.6 Å². The van der Waals surface area contributed by atoms with E-state index in [2.05, 4.69) is 23.5 Å². The van der Waals surface area contributed by atoms with Crippen LogP contribution in [0.3, 0.4) is 0 Å². The van der Waals surface area contributed by atoms with Crippen LogP contribution in [-0.4, -0.2) is 12.5 Å². The van der Waals surface area contributed by atoms with Gasteiger partial charge in [-0.15, -0.1) is 11.6 Å². The molecule has 0 spiro atoms. The van der Waals surface area contributed by atoms with Crippen LogP contribution in [0.2, 0.25) is 0 Å². The Kier molecular flexibility index (Phi) is 3.75. The Morgan fingerprint density at radius 2 is 1.85 bits per heavy atom. The summed E-state index contributed by atoms with van der Waals surface area (Å²) in [5.41, 5.74) is 3.57. The standard InChI is InChI=1S/C17H16ClNO/c18-16(12-6-2-1-3-7-12)17(20)19-11-14-10-13-8-4-5-9-15(13)14/h1-9,14,16H,10-11H2,(H,19,20). The van der Waals surface area contributed by atoms with E-state index in [1.165, 1.54) is 11.1 Å². The highest BCUT2D eigenvalue weighted by Crippen LogP contribution is 2.34. The third kappa shape index (κ3) is 2.56. The van der Waals surface area contributed by atoms with Crippen molar-refractivity contribution in [2.75, 3.05) is 6.54 Å². The summed E-state index contributed by atoms with van der Waals surface area (Å²) < 4.78 is 0. The second-order valence-electron chi connectivity index (χ2n) is 5.12. The average molecular weight is 286 g/mol. The van der Waals surface area contributed by atoms with Crippen molar-refractivity contribution in [1.29, 1.82) is 0 Å². The number of carbonyl (C=O) groups excluding carboxylic acids is 1. The van der Waals surface area contributed by atoms with E-state index in [1.54, 1.807) is 0 Å². The Morgan fingerprint density at radius 1 is 1.15 bits per heavy atom. The largest absolute Gasteiger partial charge is 0.354 e. The van der Waals surface area contributed by atoms with Crippen molar-refractivity contribution in [2.24, 2.45) is 0 Å². The molecule has 1 aliphatic carbocycles. The van der Waals surface area contributed by atoms with Gasteiger partial charge in [-0.25, -0.2) is 0 Å². The Bertz CT molecular complexity index is 611. The molecule has 0 heterocycles. The van der Waals surface area contributed by atoms with Gasteiger partial charge in [0, 0.05) is 12.5 Å². The van der Waals surface area contributed by atoms with Crippen LogP contribution in [0.1, 0.15) is 28.0 Å². The maximum Gasteiger partial charge on any atom is 0.242 e. The normalized spacial score (nSPS) is 17.8. The van der Waals surface area contributed by atoms with E-state index in [4.69, 9.17) is 11.6 Å². The first-order valence-corrected chi connectivity index (χ1v) is 7.24. The highest BCUT2D eigenvalue weighted by Gasteiger charge is 2.26. The second-order valence-corrected chi connectivity index (χ2v) is 5.55. The monoisotopic (exact) mass is 285 g/mol. The van der Waals surface area contributed by atoms with Crippen molar-refractivity contribution in [3.63, 3.8) is 0 Å². The lowest BCUT2D eigenvalue weighted by molar-refractivity contribution is -0.120. The molecule has 3 heteroatoms. The highest BCUT2D eigenvalue weighted by atomic mass is 35.5. The molecular formula is C17H16ClNO. The van der Waals surface area contributed by atoms with Crippen molar-refractivity contribution in [3.05, 3.63) is 71.3 Å². The molecule has 2 nitrogen and oxygen atoms in total. The van der Waals surface area contributed by atoms with Gasteiger partial charge in [-0.2, -0.15) is 0 Å². The summed E-state index contributed by atoms with van der Waals surface area (Å²) in [6, 6.07) is 17.8. The molecule has 1 amide bonds. The van der Waals surface area contributed by atoms with Crippen LogP contribution >= 0.6 is 11.6 Å². The van der Waals surface area contributed by atoms with Crippen LogP contribution in [0.25, 0.3) is 0 Å². The van der Waals surface area contributed by atoms with Gasteiger partial charge in [0.25, 0.3) is 0 Å². The Hall–Kier alpha value is -1.80. The molecule has 0 saturated carbocycles. The third-order valence-corrected chi connectivity index (χ3v) is 4.26. The first-order chi connectivity index (χ1) is 9.75. The molecule has 102 valence electrons. The molecule has 0 bridgehead atoms. The fourth-order valence-electron chi connectivity index (χ4n) is 2.63. The van der Waals surface area contributed by atoms with Crippen molar-refractivity contribution < 1.29 is 4.79 Å². The Balaban J connectivity index is 1.56. The Labute approximate surface area is 123 Å². The zero-order valence-corrected chi connectivity index (χ0v) is 11.8. The van der Waals surface area contributed by atoms with Crippen LogP contribution in [0.15, 0.2) is 54.6 Å². The summed E-state index contributed by atoms with van der Waals surface area (Å²) in [6.07, 6.45) is 1.04. The molecule has 20 heavy (non-hydrogen) atoms. The van der Waals surface area contributed by atoms with E-state index in [0.717, 1.165) is 12.0 Å². The van der Waals surface area contributed by atoms with Crippen LogP contribution in [0, 0.1) is 0 Å². The summed E-state index contributed by atoms with van der Waals surface area (Å²) in [6.45, 7) is 0.659. The topological polar surface area (TPSA) is 29.1 Å². The van der Waals surface area contributed by atoms with Gasteiger partial charge in [0.1, 0.15) is 5.38 Å². The highest BCUT2D eigenvalue weighted by molar-refractivity contribution is 6.30. The van der Waals surface area contributed by atoms with Gasteiger partial charge in [0.05, 0.1) is 0 Å². The summed E-state index contributed by atoms with van der Waals surface area (Å²) in [5.74, 6) is 0.303. The quantitative estimate of drug-likeness (QED) is 0.857. The SMILES string of the molecule is O=C(NCC1Cc2ccccc21)C(Cl)c1ccccc1. The first-order valence-electron chi connectivity index (χ1n) is 6.80. The maximum atomic E-state index is 12.1. The fourth-order valence-corrected chi connectivity index (χ4v) is 2.85. The number of halogens is 1. The third-order valence-electron chi connectivity index (χ3n) is 3.81. The van der Waals surface area contributed by atoms with E-state index < -0.39 is 5.38 Å². The number of alkyl halides is 1. The predicted octanol–water partition coefficient (Wildman–Crippen LogP) is 3.42. The maximum absolute atomic E-state index is 12.1. The molecule has 2 aromatic rings. The molecule has 1 aliphatic rings. The van der Waals surface area contributed by atoms with Gasteiger partial charge in [-0.3, -0.25) is 4.79 Å². The number of nitrogens with one attached hydrogen (secondary N) is 1. The van der Waals surface area contributed by atoms with E-state index in [-0.39, 0.29) is 5.91 Å². The zero-order chi connectivity index (χ0) is 13.9. The lowest BCUT2D eigenvalue weighted by Gasteiger charge is -2.30. The summed E-state index contributed by atoms with van der Waals surface area (Å²) in [5, 5.41) is 2.33. The summed E-state index contributed by atoms with van der Waals surface area (Å²) >= 11 is 6.19. The van der Waals surface area contributed by atoms with Crippen LogP contribution in [-0.2, 0) is 11.2 Å². The summed E-state index contributed by atoms with van der Waals surface area (Å²) in [7, 11) is 0. The fraction of sp³-hybridized carbons (Fsp3) is 0.235. The average Bonchev–Trinajstić information content (AvgIpc) is 2.48. The molecule has 0 aromatic heterocycles. The van der Waals surface area contributed by atoms with Crippen molar-refractivity contribution in [3.8, 4) is 0 Å². The van der Waals surface area contributed by atoms with E-state index in [9.17, 15) is 4.79 Å². The molecule has 2 atom stereocenters. The molecule has 0 saturated heterocycles. The minimum atomic E-state index is -0.619. The smallest absolute Gasteiger partial charge is 0.242 e. The minimum absolute atomic E-state index is 0.123. The van der Waals surface area contributed by atoms with E-state index in [0.29, 0.717) is 12.5 Å². The Morgan fingerprint density at radius 3 is 2.60 bits per heavy atom. The van der Waals surface area contributed by atoms with Crippen molar-refractivity contribution in [1.82, 2.24) is 5.32 Å². The number of rotatable bonds is 4. The van der Waals surface area contributed by atoms with E-state index in [1.807, 2.05) is 36.4 Å².